The lowest BCUT2D eigenvalue weighted by atomic mass is 10.0. The van der Waals surface area contributed by atoms with Crippen molar-refractivity contribution >= 4 is 5.97 Å². The van der Waals surface area contributed by atoms with Crippen LogP contribution in [-0.2, 0) is 20.9 Å². The van der Waals surface area contributed by atoms with Gasteiger partial charge in [0.1, 0.15) is 0 Å². The number of esters is 1. The van der Waals surface area contributed by atoms with Crippen molar-refractivity contribution in [1.29, 1.82) is 0 Å². The maximum Gasteiger partial charge on any atom is 0.303 e. The first-order chi connectivity index (χ1) is 10.0. The highest BCUT2D eigenvalue weighted by Crippen LogP contribution is 2.12. The van der Waals surface area contributed by atoms with Crippen molar-refractivity contribution in [1.82, 2.24) is 0 Å². The fraction of sp³-hybridized carbons (Fsp3) is 0.471. The molecule has 0 saturated carbocycles. The fourth-order valence-electron chi connectivity index (χ4n) is 1.73. The zero-order chi connectivity index (χ0) is 15.7. The number of carbonyl (C=O) groups excluding carboxylic acids is 1. The molecule has 114 valence electrons. The smallest absolute Gasteiger partial charge is 0.303 e. The Bertz CT molecular complexity index is 487. The third kappa shape index (κ3) is 6.94. The third-order valence-electron chi connectivity index (χ3n) is 3.03. The second kappa shape index (κ2) is 9.17. The lowest BCUT2D eigenvalue weighted by Gasteiger charge is -2.22. The van der Waals surface area contributed by atoms with Gasteiger partial charge in [0.15, 0.2) is 6.61 Å². The van der Waals surface area contributed by atoms with Crippen LogP contribution in [0.4, 0.5) is 0 Å². The van der Waals surface area contributed by atoms with Crippen LogP contribution in [-0.4, -0.2) is 29.9 Å². The van der Waals surface area contributed by atoms with Crippen molar-refractivity contribution in [3.8, 4) is 11.8 Å². The molecule has 0 spiro atoms. The van der Waals surface area contributed by atoms with Gasteiger partial charge in [0.2, 0.25) is 0 Å². The summed E-state index contributed by atoms with van der Waals surface area (Å²) in [6, 6.07) is 9.79. The van der Waals surface area contributed by atoms with Crippen LogP contribution in [0.1, 0.15) is 26.3 Å². The van der Waals surface area contributed by atoms with Gasteiger partial charge in [0.05, 0.1) is 18.8 Å². The zero-order valence-corrected chi connectivity index (χ0v) is 12.7. The minimum atomic E-state index is -0.696. The van der Waals surface area contributed by atoms with Gasteiger partial charge in [0, 0.05) is 12.8 Å². The van der Waals surface area contributed by atoms with Gasteiger partial charge in [-0.05, 0) is 19.4 Å². The molecule has 4 nitrogen and oxygen atoms in total. The fourth-order valence-corrected chi connectivity index (χ4v) is 1.73. The largest absolute Gasteiger partial charge is 0.453 e. The quantitative estimate of drug-likeness (QED) is 0.644. The SMILES string of the molecule is CC(=O)OCC#C[C@H](C)[C@@H](O)[C@H](C)OCc1ccccc1. The van der Waals surface area contributed by atoms with Crippen molar-refractivity contribution in [2.45, 2.75) is 39.6 Å². The molecule has 0 aliphatic heterocycles. The van der Waals surface area contributed by atoms with Gasteiger partial charge in [-0.1, -0.05) is 42.2 Å². The summed E-state index contributed by atoms with van der Waals surface area (Å²) in [5, 5.41) is 10.1. The van der Waals surface area contributed by atoms with Crippen molar-refractivity contribution in [2.75, 3.05) is 6.61 Å². The standard InChI is InChI=1S/C17H22O4/c1-13(8-7-11-20-15(3)18)17(19)14(2)21-12-16-9-5-4-6-10-16/h4-6,9-10,13-14,17,19H,11-12H2,1-3H3/t13-,14-,17+/m0/s1. The molecular formula is C17H22O4. The summed E-state index contributed by atoms with van der Waals surface area (Å²) in [5.41, 5.74) is 1.06. The Morgan fingerprint density at radius 3 is 2.57 bits per heavy atom. The first-order valence-electron chi connectivity index (χ1n) is 6.96. The van der Waals surface area contributed by atoms with Crippen LogP contribution in [0.3, 0.4) is 0 Å². The lowest BCUT2D eigenvalue weighted by Crippen LogP contribution is -2.31. The molecule has 0 amide bonds. The van der Waals surface area contributed by atoms with Gasteiger partial charge in [-0.3, -0.25) is 4.79 Å². The first kappa shape index (κ1) is 17.2. The van der Waals surface area contributed by atoms with Crippen LogP contribution in [0.15, 0.2) is 30.3 Å². The molecule has 21 heavy (non-hydrogen) atoms. The molecule has 1 N–H and O–H groups in total. The highest BCUT2D eigenvalue weighted by Gasteiger charge is 2.20. The molecule has 0 aliphatic rings. The zero-order valence-electron chi connectivity index (χ0n) is 12.7. The number of ether oxygens (including phenoxy) is 2. The predicted octanol–water partition coefficient (Wildman–Crippen LogP) is 2.16. The maximum absolute atomic E-state index is 10.6. The minimum Gasteiger partial charge on any atom is -0.453 e. The van der Waals surface area contributed by atoms with Crippen molar-refractivity contribution in [2.24, 2.45) is 5.92 Å². The van der Waals surface area contributed by atoms with E-state index in [0.717, 1.165) is 5.56 Å². The van der Waals surface area contributed by atoms with Gasteiger partial charge in [-0.15, -0.1) is 0 Å². The molecule has 0 bridgehead atoms. The molecule has 1 rings (SSSR count). The molecule has 0 aliphatic carbocycles. The normalized spacial score (nSPS) is 14.5. The average molecular weight is 290 g/mol. The van der Waals surface area contributed by atoms with Gasteiger partial charge in [-0.2, -0.15) is 0 Å². The van der Waals surface area contributed by atoms with E-state index in [1.54, 1.807) is 0 Å². The summed E-state index contributed by atoms with van der Waals surface area (Å²) < 4.78 is 10.4. The van der Waals surface area contributed by atoms with E-state index in [1.165, 1.54) is 6.92 Å². The summed E-state index contributed by atoms with van der Waals surface area (Å²) in [6.45, 7) is 5.46. The Labute approximate surface area is 126 Å². The molecule has 0 radical (unpaired) electrons. The van der Waals surface area contributed by atoms with E-state index in [4.69, 9.17) is 9.47 Å². The van der Waals surface area contributed by atoms with Gasteiger partial charge in [0.25, 0.3) is 0 Å². The number of aliphatic hydroxyl groups is 1. The molecule has 4 heteroatoms. The Morgan fingerprint density at radius 1 is 1.29 bits per heavy atom. The van der Waals surface area contributed by atoms with Crippen LogP contribution < -0.4 is 0 Å². The predicted molar refractivity (Wildman–Crippen MR) is 80.3 cm³/mol. The molecule has 1 aromatic carbocycles. The first-order valence-corrected chi connectivity index (χ1v) is 6.96. The van der Waals surface area contributed by atoms with Crippen molar-refractivity contribution in [3.63, 3.8) is 0 Å². The van der Waals surface area contributed by atoms with Crippen LogP contribution in [0.5, 0.6) is 0 Å². The monoisotopic (exact) mass is 290 g/mol. The minimum absolute atomic E-state index is 0.0473. The number of aliphatic hydroxyl groups excluding tert-OH is 1. The molecule has 3 atom stereocenters. The summed E-state index contributed by atoms with van der Waals surface area (Å²) in [4.78, 5) is 10.6. The Balaban J connectivity index is 2.38. The van der Waals surface area contributed by atoms with Crippen LogP contribution >= 0.6 is 0 Å². The number of hydrogen-bond donors (Lipinski definition) is 1. The second-order valence-corrected chi connectivity index (χ2v) is 4.88. The van der Waals surface area contributed by atoms with Crippen LogP contribution in [0.2, 0.25) is 0 Å². The van der Waals surface area contributed by atoms with Gasteiger partial charge >= 0.3 is 5.97 Å². The Hall–Kier alpha value is -1.83. The van der Waals surface area contributed by atoms with E-state index in [9.17, 15) is 9.90 Å². The molecule has 1 aromatic rings. The molecule has 0 heterocycles. The average Bonchev–Trinajstić information content (AvgIpc) is 2.49. The third-order valence-corrected chi connectivity index (χ3v) is 3.03. The highest BCUT2D eigenvalue weighted by molar-refractivity contribution is 5.66. The molecule has 0 saturated heterocycles. The van der Waals surface area contributed by atoms with E-state index >= 15 is 0 Å². The number of carbonyl (C=O) groups is 1. The topological polar surface area (TPSA) is 55.8 Å². The molecule has 0 unspecified atom stereocenters. The van der Waals surface area contributed by atoms with Crippen molar-refractivity contribution < 1.29 is 19.4 Å². The second-order valence-electron chi connectivity index (χ2n) is 4.88. The van der Waals surface area contributed by atoms with E-state index in [2.05, 4.69) is 11.8 Å². The summed E-state index contributed by atoms with van der Waals surface area (Å²) in [7, 11) is 0. The van der Waals surface area contributed by atoms with E-state index in [-0.39, 0.29) is 24.6 Å². The van der Waals surface area contributed by atoms with Crippen LogP contribution in [0.25, 0.3) is 0 Å². The molecular weight excluding hydrogens is 268 g/mol. The van der Waals surface area contributed by atoms with Crippen LogP contribution in [0, 0.1) is 17.8 Å². The summed E-state index contributed by atoms with van der Waals surface area (Å²) >= 11 is 0. The summed E-state index contributed by atoms with van der Waals surface area (Å²) in [5.74, 6) is 4.96. The number of benzene rings is 1. The lowest BCUT2D eigenvalue weighted by molar-refractivity contribution is -0.139. The number of rotatable bonds is 6. The van der Waals surface area contributed by atoms with Gasteiger partial charge < -0.3 is 14.6 Å². The Kier molecular flexibility index (Phi) is 7.52. The maximum atomic E-state index is 10.6. The molecule has 0 aromatic heterocycles. The van der Waals surface area contributed by atoms with Crippen molar-refractivity contribution in [3.05, 3.63) is 35.9 Å². The summed E-state index contributed by atoms with van der Waals surface area (Å²) in [6.07, 6.45) is -1.03. The Morgan fingerprint density at radius 2 is 1.95 bits per heavy atom. The van der Waals surface area contributed by atoms with E-state index in [1.807, 2.05) is 44.2 Å². The number of hydrogen-bond acceptors (Lipinski definition) is 4. The molecule has 0 fully saturated rings. The van der Waals surface area contributed by atoms with E-state index < -0.39 is 6.10 Å². The van der Waals surface area contributed by atoms with E-state index in [0.29, 0.717) is 6.61 Å². The highest BCUT2D eigenvalue weighted by atomic mass is 16.5. The van der Waals surface area contributed by atoms with Gasteiger partial charge in [-0.25, -0.2) is 0 Å².